The number of hydrogen-bond donors (Lipinski definition) is 0. The van der Waals surface area contributed by atoms with Crippen molar-refractivity contribution >= 4 is 74.4 Å². The van der Waals surface area contributed by atoms with E-state index in [1.807, 2.05) is 43.4 Å². The first-order valence-electron chi connectivity index (χ1n) is 11.6. The predicted molar refractivity (Wildman–Crippen MR) is 162 cm³/mol. The Balaban J connectivity index is 0.00000195. The fraction of sp³-hybridized carbons (Fsp3) is 0.269. The highest BCUT2D eigenvalue weighted by molar-refractivity contribution is 14.2. The molecule has 3 aromatic heterocycles. The first-order chi connectivity index (χ1) is 18.4. The van der Waals surface area contributed by atoms with E-state index in [0.717, 1.165) is 10.9 Å². The monoisotopic (exact) mass is 690 g/mol. The largest absolute Gasteiger partial charge is 0.486 e. The van der Waals surface area contributed by atoms with Crippen LogP contribution in [-0.4, -0.2) is 33.7 Å². The van der Waals surface area contributed by atoms with Gasteiger partial charge in [-0.1, -0.05) is 37.0 Å². The van der Waals surface area contributed by atoms with Crippen molar-refractivity contribution in [2.45, 2.75) is 33.2 Å². The zero-order valence-corrected chi connectivity index (χ0v) is 26.0. The van der Waals surface area contributed by atoms with E-state index in [4.69, 9.17) is 37.4 Å². The molecule has 0 aliphatic carbocycles. The lowest BCUT2D eigenvalue weighted by molar-refractivity contribution is -0.108. The van der Waals surface area contributed by atoms with Crippen LogP contribution in [0.3, 0.4) is 0 Å². The highest BCUT2D eigenvalue weighted by Gasteiger charge is 2.18. The first-order valence-corrected chi connectivity index (χ1v) is 16.4. The molecule has 0 N–H and O–H groups in total. The zero-order valence-electron chi connectivity index (χ0n) is 21.4. The number of ether oxygens (including phenoxy) is 3. The SMILES string of the molecule is CC.COC(OC)c1ccc(/C(F)=C/c2nn(PI)c3ccc(OC(C)c4c(Cl)cncc4Cl)cc23)cn1. The van der Waals surface area contributed by atoms with Gasteiger partial charge in [0.25, 0.3) is 0 Å². The van der Waals surface area contributed by atoms with Crippen molar-refractivity contribution in [1.82, 2.24) is 19.5 Å². The molecule has 0 bridgehead atoms. The molecular formula is C26H27Cl2FIN4O3P. The van der Waals surface area contributed by atoms with Crippen LogP contribution in [0.1, 0.15) is 55.7 Å². The van der Waals surface area contributed by atoms with E-state index in [0.29, 0.717) is 44.7 Å². The third-order valence-corrected chi connectivity index (χ3v) is 7.84. The number of rotatable bonds is 9. The molecule has 4 rings (SSSR count). The molecule has 4 aromatic rings. The van der Waals surface area contributed by atoms with Crippen LogP contribution in [0.5, 0.6) is 5.75 Å². The summed E-state index contributed by atoms with van der Waals surface area (Å²) in [5.74, 6) is 0.0975. The minimum Gasteiger partial charge on any atom is -0.486 e. The van der Waals surface area contributed by atoms with Crippen molar-refractivity contribution < 1.29 is 18.6 Å². The van der Waals surface area contributed by atoms with Crippen LogP contribution in [-0.2, 0) is 9.47 Å². The summed E-state index contributed by atoms with van der Waals surface area (Å²) in [4.78, 5) is 8.24. The van der Waals surface area contributed by atoms with E-state index >= 15 is 4.39 Å². The maximum absolute atomic E-state index is 15.2. The summed E-state index contributed by atoms with van der Waals surface area (Å²) < 4.78 is 33.6. The van der Waals surface area contributed by atoms with Gasteiger partial charge >= 0.3 is 0 Å². The van der Waals surface area contributed by atoms with Gasteiger partial charge in [0.15, 0.2) is 0 Å². The molecule has 2 atom stereocenters. The third kappa shape index (κ3) is 7.00. The smallest absolute Gasteiger partial charge is 0.200 e. The number of benzene rings is 1. The lowest BCUT2D eigenvalue weighted by Gasteiger charge is -2.17. The number of fused-ring (bicyclic) bond motifs is 1. The van der Waals surface area contributed by atoms with Crippen LogP contribution < -0.4 is 4.74 Å². The van der Waals surface area contributed by atoms with Crippen molar-refractivity contribution in [2.24, 2.45) is 0 Å². The Labute approximate surface area is 246 Å². The van der Waals surface area contributed by atoms with Crippen LogP contribution in [0, 0.1) is 0 Å². The zero-order chi connectivity index (χ0) is 27.8. The highest BCUT2D eigenvalue weighted by atomic mass is 127. The van der Waals surface area contributed by atoms with Crippen LogP contribution in [0.4, 0.5) is 4.39 Å². The van der Waals surface area contributed by atoms with Crippen LogP contribution >= 0.6 is 51.6 Å². The molecule has 0 saturated heterocycles. The summed E-state index contributed by atoms with van der Waals surface area (Å²) in [7, 11) is 3.02. The number of pyridine rings is 2. The molecule has 0 saturated carbocycles. The van der Waals surface area contributed by atoms with Gasteiger partial charge in [0, 0.05) is 55.4 Å². The average molecular weight is 691 g/mol. The Morgan fingerprint density at radius 3 is 2.34 bits per heavy atom. The molecule has 12 heteroatoms. The van der Waals surface area contributed by atoms with Crippen molar-refractivity contribution in [2.75, 3.05) is 14.2 Å². The number of halogens is 4. The number of methoxy groups -OCH3 is 2. The molecule has 0 aliphatic rings. The molecule has 202 valence electrons. The second-order valence-corrected chi connectivity index (χ2v) is 10.5. The molecular weight excluding hydrogens is 664 g/mol. The van der Waals surface area contributed by atoms with Gasteiger partial charge < -0.3 is 14.2 Å². The maximum atomic E-state index is 15.2. The normalized spacial score (nSPS) is 12.7. The molecule has 0 fully saturated rings. The Bertz CT molecular complexity index is 1380. The minimum absolute atomic E-state index is 0.312. The molecule has 1 aromatic carbocycles. The fourth-order valence-corrected chi connectivity index (χ4v) is 5.87. The van der Waals surface area contributed by atoms with E-state index in [1.165, 1.54) is 38.9 Å². The lowest BCUT2D eigenvalue weighted by Crippen LogP contribution is -2.05. The summed E-state index contributed by atoms with van der Waals surface area (Å²) in [6, 6.07) is 8.85. The van der Waals surface area contributed by atoms with Crippen LogP contribution in [0.15, 0.2) is 48.9 Å². The molecule has 3 heterocycles. The van der Waals surface area contributed by atoms with E-state index in [1.54, 1.807) is 12.1 Å². The van der Waals surface area contributed by atoms with Crippen LogP contribution in [0.2, 0.25) is 10.0 Å². The van der Waals surface area contributed by atoms with Gasteiger partial charge in [0.05, 0.1) is 33.3 Å². The Morgan fingerprint density at radius 2 is 1.76 bits per heavy atom. The van der Waals surface area contributed by atoms with Gasteiger partial charge in [-0.2, -0.15) is 5.10 Å². The number of hydrogen-bond acceptors (Lipinski definition) is 6. The van der Waals surface area contributed by atoms with Crippen LogP contribution in [0.25, 0.3) is 22.8 Å². The van der Waals surface area contributed by atoms with Crippen molar-refractivity contribution in [3.8, 4) is 5.75 Å². The Hall–Kier alpha value is -1.88. The van der Waals surface area contributed by atoms with E-state index in [9.17, 15) is 0 Å². The van der Waals surface area contributed by atoms with Crippen molar-refractivity contribution in [3.63, 3.8) is 0 Å². The fourth-order valence-electron chi connectivity index (χ4n) is 3.66. The molecule has 0 aliphatic heterocycles. The standard InChI is InChI=1S/C24H21Cl2FIN4O3P.C2H6/c1-13(23-17(25)11-29-12-18(23)26)35-15-5-7-22-16(8-15)21(31-32(22)36-28)9-19(27)14-4-6-20(30-10-14)24(33-2)34-3;1-2/h4-13,24,36H,1-3H3;1-2H3/b19-9-;. The predicted octanol–water partition coefficient (Wildman–Crippen LogP) is 8.85. The van der Waals surface area contributed by atoms with Gasteiger partial charge in [-0.25, -0.2) is 8.84 Å². The van der Waals surface area contributed by atoms with Gasteiger partial charge in [-0.3, -0.25) is 9.97 Å². The molecule has 0 spiro atoms. The quantitative estimate of drug-likeness (QED) is 0.0993. The molecule has 7 nitrogen and oxygen atoms in total. The van der Waals surface area contributed by atoms with Gasteiger partial charge in [0.1, 0.15) is 17.7 Å². The second kappa shape index (κ2) is 14.5. The van der Waals surface area contributed by atoms with E-state index in [2.05, 4.69) is 37.1 Å². The van der Waals surface area contributed by atoms with Crippen molar-refractivity contribution in [1.29, 1.82) is 0 Å². The molecule has 2 unspecified atom stereocenters. The molecule has 38 heavy (non-hydrogen) atoms. The maximum Gasteiger partial charge on any atom is 0.200 e. The van der Waals surface area contributed by atoms with E-state index < -0.39 is 18.2 Å². The molecule has 0 radical (unpaired) electrons. The summed E-state index contributed by atoms with van der Waals surface area (Å²) in [6.07, 6.45) is 5.15. The van der Waals surface area contributed by atoms with Gasteiger partial charge in [-0.15, -0.1) is 0 Å². The third-order valence-electron chi connectivity index (χ3n) is 5.36. The first kappa shape index (κ1) is 30.7. The summed E-state index contributed by atoms with van der Waals surface area (Å²) in [5, 5.41) is 6.17. The summed E-state index contributed by atoms with van der Waals surface area (Å²) in [6.45, 7) is 5.85. The van der Waals surface area contributed by atoms with E-state index in [-0.39, 0.29) is 0 Å². The highest BCUT2D eigenvalue weighted by Crippen LogP contribution is 2.36. The number of nitrogens with zero attached hydrogens (tertiary/aromatic N) is 4. The Kier molecular flexibility index (Phi) is 11.7. The van der Waals surface area contributed by atoms with Gasteiger partial charge in [0.2, 0.25) is 6.29 Å². The van der Waals surface area contributed by atoms with Crippen molar-refractivity contribution in [3.05, 3.63) is 81.5 Å². The Morgan fingerprint density at radius 1 is 1.08 bits per heavy atom. The van der Waals surface area contributed by atoms with Gasteiger partial charge in [-0.05, 0) is 59.3 Å². The second-order valence-electron chi connectivity index (χ2n) is 7.60. The minimum atomic E-state index is -0.617. The summed E-state index contributed by atoms with van der Waals surface area (Å²) in [5.41, 5.74) is 2.83. The average Bonchev–Trinajstić information content (AvgIpc) is 3.27. The summed E-state index contributed by atoms with van der Waals surface area (Å²) >= 11 is 14.8. The number of aromatic nitrogens is 4. The topological polar surface area (TPSA) is 71.3 Å². The molecule has 0 amide bonds. The lowest BCUT2D eigenvalue weighted by atomic mass is 10.1.